The summed E-state index contributed by atoms with van der Waals surface area (Å²) in [6.45, 7) is 3.36. The molecule has 1 N–H and O–H groups in total. The first-order valence-electron chi connectivity index (χ1n) is 6.25. The third-order valence-electron chi connectivity index (χ3n) is 2.84. The minimum atomic E-state index is -1.01. The van der Waals surface area contributed by atoms with Crippen LogP contribution in [0.25, 0.3) is 0 Å². The molecule has 6 nitrogen and oxygen atoms in total. The molecule has 0 saturated heterocycles. The highest BCUT2D eigenvalue weighted by molar-refractivity contribution is 5.88. The fourth-order valence-electron chi connectivity index (χ4n) is 1.78. The number of carboxylic acid groups (broad SMARTS) is 1. The van der Waals surface area contributed by atoms with Crippen molar-refractivity contribution in [1.82, 2.24) is 4.98 Å². The number of hydrogen-bond donors (Lipinski definition) is 1. The highest BCUT2D eigenvalue weighted by Crippen LogP contribution is 2.20. The van der Waals surface area contributed by atoms with E-state index in [0.29, 0.717) is 17.8 Å². The molecule has 6 heteroatoms. The van der Waals surface area contributed by atoms with Crippen molar-refractivity contribution in [1.29, 1.82) is 5.26 Å². The summed E-state index contributed by atoms with van der Waals surface area (Å²) in [4.78, 5) is 26.7. The molecule has 20 heavy (non-hydrogen) atoms. The number of pyridine rings is 1. The second kappa shape index (κ2) is 7.24. The number of rotatable bonds is 6. The highest BCUT2D eigenvalue weighted by atomic mass is 16.5. The summed E-state index contributed by atoms with van der Waals surface area (Å²) in [7, 11) is 0. The third kappa shape index (κ3) is 4.05. The predicted octanol–water partition coefficient (Wildman–Crippen LogP) is 1.90. The van der Waals surface area contributed by atoms with Crippen molar-refractivity contribution < 1.29 is 19.4 Å². The van der Waals surface area contributed by atoms with E-state index >= 15 is 0 Å². The van der Waals surface area contributed by atoms with Gasteiger partial charge in [0, 0.05) is 11.6 Å². The van der Waals surface area contributed by atoms with Crippen molar-refractivity contribution in [3.8, 4) is 6.07 Å². The number of ether oxygens (including phenoxy) is 1. The second-order valence-corrected chi connectivity index (χ2v) is 4.31. The average molecular weight is 276 g/mol. The van der Waals surface area contributed by atoms with Crippen LogP contribution >= 0.6 is 0 Å². The maximum atomic E-state index is 11.4. The predicted molar refractivity (Wildman–Crippen MR) is 70.2 cm³/mol. The summed E-state index contributed by atoms with van der Waals surface area (Å²) < 4.78 is 4.68. The van der Waals surface area contributed by atoms with E-state index in [1.54, 1.807) is 19.1 Å². The van der Waals surface area contributed by atoms with E-state index in [4.69, 9.17) is 10.4 Å². The number of carbonyl (C=O) groups is 2. The molecule has 0 radical (unpaired) electrons. The summed E-state index contributed by atoms with van der Waals surface area (Å²) in [5.74, 6) is -1.68. The highest BCUT2D eigenvalue weighted by Gasteiger charge is 2.17. The first kappa shape index (κ1) is 15.6. The molecule has 0 amide bonds. The van der Waals surface area contributed by atoms with Crippen molar-refractivity contribution in [3.63, 3.8) is 0 Å². The van der Waals surface area contributed by atoms with Crippen LogP contribution in [-0.4, -0.2) is 28.6 Å². The second-order valence-electron chi connectivity index (χ2n) is 4.31. The van der Waals surface area contributed by atoms with Gasteiger partial charge in [0.1, 0.15) is 6.07 Å². The van der Waals surface area contributed by atoms with Crippen molar-refractivity contribution in [2.75, 3.05) is 6.61 Å². The molecule has 0 bridgehead atoms. The van der Waals surface area contributed by atoms with Crippen molar-refractivity contribution in [2.45, 2.75) is 32.6 Å². The van der Waals surface area contributed by atoms with E-state index in [1.165, 1.54) is 6.07 Å². The number of aromatic carboxylic acids is 1. The molecule has 1 aromatic heterocycles. The fourth-order valence-corrected chi connectivity index (χ4v) is 1.78. The van der Waals surface area contributed by atoms with Crippen LogP contribution in [0.4, 0.5) is 0 Å². The van der Waals surface area contributed by atoms with Crippen LogP contribution in [-0.2, 0) is 16.0 Å². The van der Waals surface area contributed by atoms with Crippen molar-refractivity contribution in [2.24, 2.45) is 0 Å². The normalized spacial score (nSPS) is 11.4. The molecule has 0 aliphatic rings. The molecule has 1 atom stereocenters. The molecule has 106 valence electrons. The Morgan fingerprint density at radius 3 is 2.75 bits per heavy atom. The lowest BCUT2D eigenvalue weighted by atomic mass is 10.0. The van der Waals surface area contributed by atoms with Crippen LogP contribution in [0, 0.1) is 11.3 Å². The number of aromatic nitrogens is 1. The van der Waals surface area contributed by atoms with Crippen LogP contribution in [0.1, 0.15) is 47.9 Å². The molecule has 1 unspecified atom stereocenters. The standard InChI is InChI=1S/C14H16N2O4/c1-3-11-10(14(18)19)4-5-12(16-11)9(2)8-13(17)20-7-6-15/h4-5,9H,3,7-8H2,1-2H3,(H,18,19). The Kier molecular flexibility index (Phi) is 5.66. The molecule has 0 aliphatic heterocycles. The Labute approximate surface area is 117 Å². The van der Waals surface area contributed by atoms with E-state index in [-0.39, 0.29) is 24.5 Å². The minimum Gasteiger partial charge on any atom is -0.478 e. The number of carbonyl (C=O) groups excluding carboxylic acids is 1. The number of hydrogen-bond acceptors (Lipinski definition) is 5. The topological polar surface area (TPSA) is 100 Å². The summed E-state index contributed by atoms with van der Waals surface area (Å²) in [6.07, 6.45) is 0.603. The average Bonchev–Trinajstić information content (AvgIpc) is 2.44. The van der Waals surface area contributed by atoms with E-state index in [0.717, 1.165) is 0 Å². The van der Waals surface area contributed by atoms with Crippen LogP contribution in [0.5, 0.6) is 0 Å². The SMILES string of the molecule is CCc1nc(C(C)CC(=O)OCC#N)ccc1C(=O)O. The Balaban J connectivity index is 2.84. The van der Waals surface area contributed by atoms with E-state index in [9.17, 15) is 9.59 Å². The lowest BCUT2D eigenvalue weighted by Crippen LogP contribution is -2.12. The van der Waals surface area contributed by atoms with Gasteiger partial charge in [0.05, 0.1) is 17.7 Å². The molecular weight excluding hydrogens is 260 g/mol. The summed E-state index contributed by atoms with van der Waals surface area (Å²) in [5.41, 5.74) is 1.31. The van der Waals surface area contributed by atoms with E-state index in [2.05, 4.69) is 9.72 Å². The van der Waals surface area contributed by atoms with E-state index in [1.807, 2.05) is 6.92 Å². The van der Waals surface area contributed by atoms with Crippen molar-refractivity contribution in [3.05, 3.63) is 29.1 Å². The Morgan fingerprint density at radius 1 is 1.50 bits per heavy atom. The Morgan fingerprint density at radius 2 is 2.20 bits per heavy atom. The molecule has 0 fully saturated rings. The van der Waals surface area contributed by atoms with Gasteiger partial charge in [-0.1, -0.05) is 13.8 Å². The van der Waals surface area contributed by atoms with Gasteiger partial charge in [0.15, 0.2) is 6.61 Å². The lowest BCUT2D eigenvalue weighted by molar-refractivity contribution is -0.142. The van der Waals surface area contributed by atoms with Gasteiger partial charge < -0.3 is 9.84 Å². The molecule has 0 aromatic carbocycles. The maximum Gasteiger partial charge on any atom is 0.337 e. The number of nitriles is 1. The number of carboxylic acids is 1. The third-order valence-corrected chi connectivity index (χ3v) is 2.84. The van der Waals surface area contributed by atoms with Gasteiger partial charge in [-0.3, -0.25) is 9.78 Å². The molecular formula is C14H16N2O4. The summed E-state index contributed by atoms with van der Waals surface area (Å²) in [5, 5.41) is 17.3. The molecule has 0 saturated carbocycles. The monoisotopic (exact) mass is 276 g/mol. The summed E-state index contributed by atoms with van der Waals surface area (Å²) in [6, 6.07) is 4.83. The number of nitrogens with zero attached hydrogens (tertiary/aromatic N) is 2. The smallest absolute Gasteiger partial charge is 0.337 e. The van der Waals surface area contributed by atoms with Crippen LogP contribution in [0.2, 0.25) is 0 Å². The van der Waals surface area contributed by atoms with Gasteiger partial charge in [-0.25, -0.2) is 4.79 Å². The first-order chi connectivity index (χ1) is 9.49. The van der Waals surface area contributed by atoms with Crippen molar-refractivity contribution >= 4 is 11.9 Å². The quantitative estimate of drug-likeness (QED) is 0.796. The maximum absolute atomic E-state index is 11.4. The zero-order valence-corrected chi connectivity index (χ0v) is 11.4. The van der Waals surface area contributed by atoms with Gasteiger partial charge in [0.2, 0.25) is 0 Å². The molecule has 0 spiro atoms. The van der Waals surface area contributed by atoms with Gasteiger partial charge >= 0.3 is 11.9 Å². The van der Waals surface area contributed by atoms with Gasteiger partial charge in [0.25, 0.3) is 0 Å². The Hall–Kier alpha value is -2.42. The molecule has 1 aromatic rings. The number of aryl methyl sites for hydroxylation is 1. The Bertz CT molecular complexity index is 549. The summed E-state index contributed by atoms with van der Waals surface area (Å²) >= 11 is 0. The minimum absolute atomic E-state index is 0.101. The molecule has 1 rings (SSSR count). The largest absolute Gasteiger partial charge is 0.478 e. The van der Waals surface area contributed by atoms with E-state index < -0.39 is 11.9 Å². The van der Waals surface area contributed by atoms with Crippen LogP contribution in [0.15, 0.2) is 12.1 Å². The fraction of sp³-hybridized carbons (Fsp3) is 0.429. The first-order valence-corrected chi connectivity index (χ1v) is 6.25. The molecule has 0 aliphatic carbocycles. The van der Waals surface area contributed by atoms with Crippen LogP contribution < -0.4 is 0 Å². The van der Waals surface area contributed by atoms with Gasteiger partial charge in [-0.2, -0.15) is 5.26 Å². The zero-order chi connectivity index (χ0) is 15.1. The van der Waals surface area contributed by atoms with Gasteiger partial charge in [-0.05, 0) is 18.6 Å². The lowest BCUT2D eigenvalue weighted by Gasteiger charge is -2.12. The van der Waals surface area contributed by atoms with Crippen LogP contribution in [0.3, 0.4) is 0 Å². The molecule has 1 heterocycles. The zero-order valence-electron chi connectivity index (χ0n) is 11.4. The number of esters is 1. The van der Waals surface area contributed by atoms with Gasteiger partial charge in [-0.15, -0.1) is 0 Å².